The van der Waals surface area contributed by atoms with Gasteiger partial charge in [-0.2, -0.15) is 12.6 Å². The number of carbonyl (C=O) groups excluding carboxylic acids is 1. The zero-order chi connectivity index (χ0) is 12.3. The molecule has 0 saturated heterocycles. The van der Waals surface area contributed by atoms with Gasteiger partial charge < -0.3 is 4.90 Å². The fourth-order valence-corrected chi connectivity index (χ4v) is 1.86. The van der Waals surface area contributed by atoms with E-state index in [1.165, 1.54) is 0 Å². The van der Waals surface area contributed by atoms with Gasteiger partial charge in [-0.3, -0.25) is 4.79 Å². The quantitative estimate of drug-likeness (QED) is 0.825. The van der Waals surface area contributed by atoms with Crippen LogP contribution >= 0.6 is 24.2 Å². The Morgan fingerprint density at radius 3 is 2.56 bits per heavy atom. The van der Waals surface area contributed by atoms with Gasteiger partial charge in [-0.1, -0.05) is 23.7 Å². The van der Waals surface area contributed by atoms with E-state index in [1.54, 1.807) is 18.9 Å². The molecule has 1 aromatic carbocycles. The van der Waals surface area contributed by atoms with Crippen molar-refractivity contribution in [1.29, 1.82) is 0 Å². The van der Waals surface area contributed by atoms with Crippen molar-refractivity contribution >= 4 is 30.1 Å². The first-order chi connectivity index (χ1) is 7.43. The van der Waals surface area contributed by atoms with E-state index < -0.39 is 0 Å². The van der Waals surface area contributed by atoms with Crippen molar-refractivity contribution in [1.82, 2.24) is 4.90 Å². The second kappa shape index (κ2) is 5.60. The summed E-state index contributed by atoms with van der Waals surface area (Å²) in [5.74, 6) is 0.0100. The third kappa shape index (κ3) is 3.16. The monoisotopic (exact) mass is 257 g/mol. The highest BCUT2D eigenvalue weighted by molar-refractivity contribution is 7.81. The predicted molar refractivity (Wildman–Crippen MR) is 71.1 cm³/mol. The number of thiol groups is 1. The molecular weight excluding hydrogens is 242 g/mol. The zero-order valence-electron chi connectivity index (χ0n) is 9.64. The van der Waals surface area contributed by atoms with E-state index in [9.17, 15) is 4.79 Å². The van der Waals surface area contributed by atoms with Crippen LogP contribution < -0.4 is 0 Å². The Morgan fingerprint density at radius 1 is 1.44 bits per heavy atom. The van der Waals surface area contributed by atoms with Crippen LogP contribution in [-0.2, 0) is 4.79 Å². The third-order valence-corrected chi connectivity index (χ3v) is 3.07. The largest absolute Gasteiger partial charge is 0.338 e. The first-order valence-electron chi connectivity index (χ1n) is 5.13. The number of nitrogens with zero attached hydrogens (tertiary/aromatic N) is 1. The minimum Gasteiger partial charge on any atom is -0.338 e. The average Bonchev–Trinajstić information content (AvgIpc) is 2.26. The Hall–Kier alpha value is -0.670. The van der Waals surface area contributed by atoms with Crippen LogP contribution in [-0.4, -0.2) is 23.1 Å². The van der Waals surface area contributed by atoms with Crippen molar-refractivity contribution in [3.63, 3.8) is 0 Å². The Kier molecular flexibility index (Phi) is 4.69. The summed E-state index contributed by atoms with van der Waals surface area (Å²) in [5.41, 5.74) is 1.03. The van der Waals surface area contributed by atoms with E-state index in [4.69, 9.17) is 11.6 Å². The summed E-state index contributed by atoms with van der Waals surface area (Å²) in [6, 6.07) is 7.54. The molecule has 0 radical (unpaired) electrons. The van der Waals surface area contributed by atoms with Crippen LogP contribution in [0.3, 0.4) is 0 Å². The van der Waals surface area contributed by atoms with Crippen molar-refractivity contribution in [3.8, 4) is 0 Å². The van der Waals surface area contributed by atoms with Gasteiger partial charge in [-0.05, 0) is 31.5 Å². The van der Waals surface area contributed by atoms with Crippen LogP contribution in [0.4, 0.5) is 0 Å². The van der Waals surface area contributed by atoms with Crippen molar-refractivity contribution in [2.75, 3.05) is 7.05 Å². The summed E-state index contributed by atoms with van der Waals surface area (Å²) in [6.45, 7) is 3.74. The summed E-state index contributed by atoms with van der Waals surface area (Å²) in [5, 5.41) is 0.399. The summed E-state index contributed by atoms with van der Waals surface area (Å²) in [6.07, 6.45) is 0. The lowest BCUT2D eigenvalue weighted by Gasteiger charge is -2.26. The van der Waals surface area contributed by atoms with Gasteiger partial charge in [0.25, 0.3) is 0 Å². The minimum atomic E-state index is -0.286. The lowest BCUT2D eigenvalue weighted by Crippen LogP contribution is -2.34. The highest BCUT2D eigenvalue weighted by Crippen LogP contribution is 2.22. The molecule has 88 valence electrons. The molecule has 1 amide bonds. The first-order valence-corrected chi connectivity index (χ1v) is 6.03. The molecule has 0 saturated carbocycles. The maximum atomic E-state index is 11.8. The molecular formula is C12H16ClNOS. The van der Waals surface area contributed by atoms with Gasteiger partial charge in [-0.15, -0.1) is 0 Å². The number of amides is 1. The van der Waals surface area contributed by atoms with Gasteiger partial charge in [-0.25, -0.2) is 0 Å². The number of rotatable bonds is 3. The molecule has 0 heterocycles. The molecule has 0 N–H and O–H groups in total. The summed E-state index contributed by atoms with van der Waals surface area (Å²) in [7, 11) is 1.78. The van der Waals surface area contributed by atoms with Crippen molar-refractivity contribution in [2.24, 2.45) is 0 Å². The number of hydrogen-bond acceptors (Lipinski definition) is 2. The van der Waals surface area contributed by atoms with Gasteiger partial charge >= 0.3 is 0 Å². The van der Waals surface area contributed by atoms with Crippen LogP contribution in [0.25, 0.3) is 0 Å². The molecule has 1 aromatic rings. The number of hydrogen-bond donors (Lipinski definition) is 1. The topological polar surface area (TPSA) is 20.3 Å². The summed E-state index contributed by atoms with van der Waals surface area (Å²) >= 11 is 10.1. The van der Waals surface area contributed by atoms with Gasteiger partial charge in [0.15, 0.2) is 0 Å². The van der Waals surface area contributed by atoms with Crippen LogP contribution in [0.5, 0.6) is 0 Å². The standard InChI is InChI=1S/C12H16ClNOS/c1-8(14(3)12(15)9(2)16)10-5-4-6-11(13)7-10/h4-9,16H,1-3H3. The fourth-order valence-electron chi connectivity index (χ4n) is 1.48. The van der Waals surface area contributed by atoms with E-state index >= 15 is 0 Å². The molecule has 0 aliphatic heterocycles. The van der Waals surface area contributed by atoms with Gasteiger partial charge in [0, 0.05) is 12.1 Å². The molecule has 0 aliphatic carbocycles. The highest BCUT2D eigenvalue weighted by atomic mass is 35.5. The smallest absolute Gasteiger partial charge is 0.235 e. The predicted octanol–water partition coefficient (Wildman–Crippen LogP) is 3.18. The summed E-state index contributed by atoms with van der Waals surface area (Å²) < 4.78 is 0. The van der Waals surface area contributed by atoms with Crippen molar-refractivity contribution < 1.29 is 4.79 Å². The maximum absolute atomic E-state index is 11.8. The van der Waals surface area contributed by atoms with Gasteiger partial charge in [0.1, 0.15) is 0 Å². The zero-order valence-corrected chi connectivity index (χ0v) is 11.3. The lowest BCUT2D eigenvalue weighted by molar-refractivity contribution is -0.130. The second-order valence-electron chi connectivity index (χ2n) is 3.86. The molecule has 0 fully saturated rings. The van der Waals surface area contributed by atoms with Gasteiger partial charge in [0.2, 0.25) is 5.91 Å². The minimum absolute atomic E-state index is 0.000741. The average molecular weight is 258 g/mol. The molecule has 16 heavy (non-hydrogen) atoms. The molecule has 0 spiro atoms. The number of halogens is 1. The first kappa shape index (κ1) is 13.4. The second-order valence-corrected chi connectivity index (χ2v) is 5.07. The molecule has 0 aromatic heterocycles. The Balaban J connectivity index is 2.85. The van der Waals surface area contributed by atoms with E-state index in [0.29, 0.717) is 5.02 Å². The molecule has 2 unspecified atom stereocenters. The van der Waals surface area contributed by atoms with E-state index in [-0.39, 0.29) is 17.2 Å². The van der Waals surface area contributed by atoms with Gasteiger partial charge in [0.05, 0.1) is 11.3 Å². The normalized spacial score (nSPS) is 14.3. The van der Waals surface area contributed by atoms with Crippen LogP contribution in [0.1, 0.15) is 25.5 Å². The maximum Gasteiger partial charge on any atom is 0.235 e. The highest BCUT2D eigenvalue weighted by Gasteiger charge is 2.20. The van der Waals surface area contributed by atoms with Crippen LogP contribution in [0.15, 0.2) is 24.3 Å². The van der Waals surface area contributed by atoms with Crippen LogP contribution in [0, 0.1) is 0 Å². The van der Waals surface area contributed by atoms with E-state index in [0.717, 1.165) is 5.56 Å². The Bertz CT molecular complexity index is 381. The van der Waals surface area contributed by atoms with Crippen molar-refractivity contribution in [2.45, 2.75) is 25.1 Å². The molecule has 0 aliphatic rings. The Morgan fingerprint density at radius 2 is 2.06 bits per heavy atom. The van der Waals surface area contributed by atoms with Crippen molar-refractivity contribution in [3.05, 3.63) is 34.9 Å². The van der Waals surface area contributed by atoms with E-state index in [2.05, 4.69) is 12.6 Å². The van der Waals surface area contributed by atoms with Crippen LogP contribution in [0.2, 0.25) is 5.02 Å². The molecule has 1 rings (SSSR count). The lowest BCUT2D eigenvalue weighted by atomic mass is 10.1. The van der Waals surface area contributed by atoms with E-state index in [1.807, 2.05) is 31.2 Å². The SMILES string of the molecule is CC(S)C(=O)N(C)C(C)c1cccc(Cl)c1. The molecule has 4 heteroatoms. The molecule has 2 nitrogen and oxygen atoms in total. The summed E-state index contributed by atoms with van der Waals surface area (Å²) in [4.78, 5) is 13.4. The number of benzene rings is 1. The fraction of sp³-hybridized carbons (Fsp3) is 0.417. The molecule has 2 atom stereocenters. The third-order valence-electron chi connectivity index (χ3n) is 2.62. The number of carbonyl (C=O) groups is 1. The molecule has 0 bridgehead atoms. The Labute approximate surface area is 107 Å².